The van der Waals surface area contributed by atoms with Gasteiger partial charge in [-0.1, -0.05) is 12.6 Å². The molecule has 5 heteroatoms. The number of aromatic amines is 1. The number of pyridine rings is 1. The zero-order valence-corrected chi connectivity index (χ0v) is 14.1. The van der Waals surface area contributed by atoms with Gasteiger partial charge in [0.15, 0.2) is 11.5 Å². The lowest BCUT2D eigenvalue weighted by molar-refractivity contribution is 0.293. The van der Waals surface area contributed by atoms with Crippen LogP contribution in [-0.2, 0) is 0 Å². The molecule has 0 radical (unpaired) electrons. The monoisotopic (exact) mass is 324 g/mol. The predicted molar refractivity (Wildman–Crippen MR) is 93.4 cm³/mol. The Morgan fingerprint density at radius 3 is 2.67 bits per heavy atom. The highest BCUT2D eigenvalue weighted by atomic mass is 16.5. The van der Waals surface area contributed by atoms with Gasteiger partial charge in [-0.2, -0.15) is 5.26 Å². The van der Waals surface area contributed by atoms with Gasteiger partial charge in [0, 0.05) is 11.3 Å². The molecule has 0 bridgehead atoms. The molecule has 2 aromatic rings. The third kappa shape index (κ3) is 3.85. The number of benzene rings is 1. The van der Waals surface area contributed by atoms with E-state index in [2.05, 4.69) is 11.6 Å². The van der Waals surface area contributed by atoms with Gasteiger partial charge in [-0.3, -0.25) is 4.79 Å². The van der Waals surface area contributed by atoms with Crippen molar-refractivity contribution in [1.82, 2.24) is 4.98 Å². The van der Waals surface area contributed by atoms with Crippen molar-refractivity contribution < 1.29 is 9.47 Å². The summed E-state index contributed by atoms with van der Waals surface area (Å²) >= 11 is 0. The van der Waals surface area contributed by atoms with Crippen LogP contribution in [0.1, 0.15) is 25.1 Å². The van der Waals surface area contributed by atoms with Gasteiger partial charge in [0.25, 0.3) is 5.56 Å². The fraction of sp³-hybridized carbons (Fsp3) is 0.263. The Morgan fingerprint density at radius 1 is 1.29 bits per heavy atom. The molecule has 0 aliphatic rings. The van der Waals surface area contributed by atoms with Crippen molar-refractivity contribution in [3.05, 3.63) is 58.0 Å². The van der Waals surface area contributed by atoms with Gasteiger partial charge in [-0.25, -0.2) is 0 Å². The SMILES string of the molecule is C=C(C)COc1ccc(-c2cc(C)[nH]c(=O)c2C#N)cc1OCC. The highest BCUT2D eigenvalue weighted by Crippen LogP contribution is 2.33. The van der Waals surface area contributed by atoms with E-state index in [-0.39, 0.29) is 5.56 Å². The molecule has 1 N–H and O–H groups in total. The summed E-state index contributed by atoms with van der Waals surface area (Å²) in [6.45, 7) is 10.2. The smallest absolute Gasteiger partial charge is 0.266 e. The van der Waals surface area contributed by atoms with E-state index in [1.807, 2.05) is 26.0 Å². The third-order valence-corrected chi connectivity index (χ3v) is 3.31. The summed E-state index contributed by atoms with van der Waals surface area (Å²) < 4.78 is 11.3. The average molecular weight is 324 g/mol. The normalized spacial score (nSPS) is 10.1. The molecule has 1 aromatic carbocycles. The van der Waals surface area contributed by atoms with Crippen molar-refractivity contribution >= 4 is 0 Å². The lowest BCUT2D eigenvalue weighted by atomic mass is 10.0. The molecule has 0 spiro atoms. The van der Waals surface area contributed by atoms with Gasteiger partial charge >= 0.3 is 0 Å². The van der Waals surface area contributed by atoms with Gasteiger partial charge < -0.3 is 14.5 Å². The van der Waals surface area contributed by atoms with Crippen LogP contribution in [-0.4, -0.2) is 18.2 Å². The van der Waals surface area contributed by atoms with E-state index in [1.54, 1.807) is 25.1 Å². The van der Waals surface area contributed by atoms with Gasteiger partial charge in [-0.15, -0.1) is 0 Å². The van der Waals surface area contributed by atoms with Crippen LogP contribution in [0.2, 0.25) is 0 Å². The number of aryl methyl sites for hydroxylation is 1. The first-order valence-electron chi connectivity index (χ1n) is 7.64. The first-order chi connectivity index (χ1) is 11.5. The predicted octanol–water partition coefficient (Wildman–Crippen LogP) is 3.58. The van der Waals surface area contributed by atoms with Crippen LogP contribution in [0.15, 0.2) is 41.2 Å². The summed E-state index contributed by atoms with van der Waals surface area (Å²) in [6.07, 6.45) is 0. The van der Waals surface area contributed by atoms with Gasteiger partial charge in [0.2, 0.25) is 0 Å². The Kier molecular flexibility index (Phi) is 5.43. The molecular weight excluding hydrogens is 304 g/mol. The van der Waals surface area contributed by atoms with Crippen LogP contribution < -0.4 is 15.0 Å². The minimum Gasteiger partial charge on any atom is -0.490 e. The fourth-order valence-electron chi connectivity index (χ4n) is 2.29. The lowest BCUT2D eigenvalue weighted by Gasteiger charge is -2.14. The van der Waals surface area contributed by atoms with Crippen molar-refractivity contribution in [2.45, 2.75) is 20.8 Å². The standard InChI is InChI=1S/C19H20N2O3/c1-5-23-18-9-14(6-7-17(18)24-11-12(2)3)15-8-13(4)21-19(22)16(15)10-20/h6-9H,2,5,11H2,1,3-4H3,(H,21,22). The number of aromatic nitrogens is 1. The molecular formula is C19H20N2O3. The molecule has 1 heterocycles. The molecule has 2 rings (SSSR count). The van der Waals surface area contributed by atoms with Gasteiger partial charge in [0.05, 0.1) is 6.61 Å². The van der Waals surface area contributed by atoms with Crippen molar-refractivity contribution in [3.8, 4) is 28.7 Å². The van der Waals surface area contributed by atoms with E-state index in [0.29, 0.717) is 36.0 Å². The summed E-state index contributed by atoms with van der Waals surface area (Å²) in [5.74, 6) is 1.17. The molecule has 5 nitrogen and oxygen atoms in total. The van der Waals surface area contributed by atoms with E-state index >= 15 is 0 Å². The topological polar surface area (TPSA) is 75.1 Å². The molecule has 0 saturated carbocycles. The number of hydrogen-bond donors (Lipinski definition) is 1. The number of H-pyrrole nitrogens is 1. The maximum absolute atomic E-state index is 12.0. The second-order valence-corrected chi connectivity index (χ2v) is 5.52. The van der Waals surface area contributed by atoms with Crippen LogP contribution in [0.3, 0.4) is 0 Å². The third-order valence-electron chi connectivity index (χ3n) is 3.31. The largest absolute Gasteiger partial charge is 0.490 e. The Bertz CT molecular complexity index is 860. The first kappa shape index (κ1) is 17.4. The number of hydrogen-bond acceptors (Lipinski definition) is 4. The Morgan fingerprint density at radius 2 is 2.04 bits per heavy atom. The summed E-state index contributed by atoms with van der Waals surface area (Å²) in [5.41, 5.74) is 2.58. The zero-order valence-electron chi connectivity index (χ0n) is 14.1. The highest BCUT2D eigenvalue weighted by molar-refractivity contribution is 5.72. The average Bonchev–Trinajstić information content (AvgIpc) is 2.53. The summed E-state index contributed by atoms with van der Waals surface area (Å²) in [4.78, 5) is 14.6. The van der Waals surface area contributed by atoms with E-state index in [4.69, 9.17) is 9.47 Å². The second-order valence-electron chi connectivity index (χ2n) is 5.52. The van der Waals surface area contributed by atoms with Crippen molar-refractivity contribution in [1.29, 1.82) is 5.26 Å². The molecule has 24 heavy (non-hydrogen) atoms. The Hall–Kier alpha value is -3.00. The minimum absolute atomic E-state index is 0.0821. The first-order valence-corrected chi connectivity index (χ1v) is 7.64. The number of nitrogens with zero attached hydrogens (tertiary/aromatic N) is 1. The molecule has 0 aliphatic carbocycles. The van der Waals surface area contributed by atoms with Crippen LogP contribution >= 0.6 is 0 Å². The molecule has 0 aliphatic heterocycles. The summed E-state index contributed by atoms with van der Waals surface area (Å²) in [5, 5.41) is 9.29. The quantitative estimate of drug-likeness (QED) is 0.824. The zero-order chi connectivity index (χ0) is 17.7. The number of rotatable bonds is 6. The van der Waals surface area contributed by atoms with E-state index in [9.17, 15) is 10.1 Å². The lowest BCUT2D eigenvalue weighted by Crippen LogP contribution is -2.12. The van der Waals surface area contributed by atoms with Crippen LogP contribution in [0.4, 0.5) is 0 Å². The maximum Gasteiger partial charge on any atom is 0.266 e. The summed E-state index contributed by atoms with van der Waals surface area (Å²) in [6, 6.07) is 9.12. The maximum atomic E-state index is 12.0. The van der Waals surface area contributed by atoms with Crippen LogP contribution in [0.5, 0.6) is 11.5 Å². The molecule has 124 valence electrons. The van der Waals surface area contributed by atoms with E-state index in [1.165, 1.54) is 0 Å². The molecule has 0 unspecified atom stereocenters. The second kappa shape index (κ2) is 7.51. The minimum atomic E-state index is -0.395. The van der Waals surface area contributed by atoms with Crippen molar-refractivity contribution in [2.75, 3.05) is 13.2 Å². The fourth-order valence-corrected chi connectivity index (χ4v) is 2.29. The molecule has 0 amide bonds. The molecule has 0 saturated heterocycles. The van der Waals surface area contributed by atoms with Crippen molar-refractivity contribution in [2.24, 2.45) is 0 Å². The molecule has 0 fully saturated rings. The number of nitrogens with one attached hydrogen (secondary N) is 1. The Balaban J connectivity index is 2.53. The number of nitriles is 1. The van der Waals surface area contributed by atoms with E-state index in [0.717, 1.165) is 11.1 Å². The Labute approximate surface area is 141 Å². The summed E-state index contributed by atoms with van der Waals surface area (Å²) in [7, 11) is 0. The van der Waals surface area contributed by atoms with Gasteiger partial charge in [-0.05, 0) is 50.1 Å². The van der Waals surface area contributed by atoms with Crippen LogP contribution in [0.25, 0.3) is 11.1 Å². The molecule has 1 aromatic heterocycles. The van der Waals surface area contributed by atoms with Gasteiger partial charge in [0.1, 0.15) is 18.2 Å². The van der Waals surface area contributed by atoms with Crippen LogP contribution in [0, 0.1) is 18.3 Å². The van der Waals surface area contributed by atoms with Crippen molar-refractivity contribution in [3.63, 3.8) is 0 Å². The molecule has 0 atom stereocenters. The highest BCUT2D eigenvalue weighted by Gasteiger charge is 2.13. The van der Waals surface area contributed by atoms with E-state index < -0.39 is 5.56 Å². The number of ether oxygens (including phenoxy) is 2.